The quantitative estimate of drug-likeness (QED) is 0.161. The molecule has 0 radical (unpaired) electrons. The number of hydrogen-bond acceptors (Lipinski definition) is 11. The Bertz CT molecular complexity index is 2280. The summed E-state index contributed by atoms with van der Waals surface area (Å²) in [5.74, 6) is -6.23. The first kappa shape index (κ1) is 42.1. The van der Waals surface area contributed by atoms with E-state index in [4.69, 9.17) is 14.2 Å². The van der Waals surface area contributed by atoms with Gasteiger partial charge in [-0.3, -0.25) is 24.1 Å². The fraction of sp³-hybridized carbons (Fsp3) is 0.617. The fourth-order valence-electron chi connectivity index (χ4n) is 13.9. The van der Waals surface area contributed by atoms with E-state index in [0.717, 1.165) is 34.7 Å². The molecule has 0 amide bonds. The third-order valence-corrected chi connectivity index (χ3v) is 16.2. The van der Waals surface area contributed by atoms with Crippen molar-refractivity contribution >= 4 is 34.9 Å². The van der Waals surface area contributed by atoms with Crippen LogP contribution in [0.25, 0.3) is 10.9 Å². The van der Waals surface area contributed by atoms with Gasteiger partial charge in [-0.05, 0) is 93.8 Å². The highest BCUT2D eigenvalue weighted by Crippen LogP contribution is 2.70. The van der Waals surface area contributed by atoms with Gasteiger partial charge >= 0.3 is 11.9 Å². The van der Waals surface area contributed by atoms with Gasteiger partial charge in [-0.15, -0.1) is 0 Å². The Morgan fingerprint density at radius 2 is 1.87 bits per heavy atom. The van der Waals surface area contributed by atoms with E-state index in [1.165, 1.54) is 21.0 Å². The number of Topliss-reactive ketones (excluding diaryl/α,β-unsaturated/α-hetero) is 1. The lowest BCUT2D eigenvalue weighted by atomic mass is 9.47. The second-order valence-electron chi connectivity index (χ2n) is 19.1. The number of nitrogens with zero attached hydrogens (tertiary/aromatic N) is 3. The van der Waals surface area contributed by atoms with Crippen molar-refractivity contribution in [2.75, 3.05) is 54.0 Å². The molecule has 2 aromatic rings. The van der Waals surface area contributed by atoms with Crippen molar-refractivity contribution in [2.45, 2.75) is 101 Å². The van der Waals surface area contributed by atoms with Crippen molar-refractivity contribution < 1.29 is 47.3 Å². The summed E-state index contributed by atoms with van der Waals surface area (Å²) in [5.41, 5.74) is -1.21. The molecule has 6 heterocycles. The molecule has 4 unspecified atom stereocenters. The normalized spacial score (nSPS) is 39.1. The van der Waals surface area contributed by atoms with Crippen molar-refractivity contribution in [3.8, 4) is 0 Å². The number of esters is 2. The van der Waals surface area contributed by atoms with E-state index < -0.39 is 69.8 Å². The number of allylic oxidation sites excluding steroid dienone is 1. The second kappa shape index (κ2) is 14.4. The molecule has 1 aromatic heterocycles. The maximum absolute atomic E-state index is 15.4. The zero-order chi connectivity index (χ0) is 43.6. The molecule has 3 saturated heterocycles. The van der Waals surface area contributed by atoms with Gasteiger partial charge in [-0.25, -0.2) is 8.78 Å². The average molecular weight is 845 g/mol. The van der Waals surface area contributed by atoms with Crippen molar-refractivity contribution in [3.05, 3.63) is 70.6 Å². The minimum absolute atomic E-state index is 0.106. The smallest absolute Gasteiger partial charge is 0.318 e. The number of aromatic nitrogens is 1. The Balaban J connectivity index is 1.32. The van der Waals surface area contributed by atoms with E-state index in [2.05, 4.69) is 20.9 Å². The van der Waals surface area contributed by atoms with Gasteiger partial charge in [0.05, 0.1) is 19.3 Å². The van der Waals surface area contributed by atoms with Crippen LogP contribution in [-0.4, -0.2) is 139 Å². The maximum Gasteiger partial charge on any atom is 0.318 e. The summed E-state index contributed by atoms with van der Waals surface area (Å²) < 4.78 is 49.2. The molecule has 2 bridgehead atoms. The molecule has 12 nitrogen and oxygen atoms in total. The lowest BCUT2D eigenvalue weighted by Gasteiger charge is -2.63. The molecule has 12 atom stereocenters. The lowest BCUT2D eigenvalue weighted by Crippen LogP contribution is -2.78. The lowest BCUT2D eigenvalue weighted by molar-refractivity contribution is -0.226. The number of fused-ring (bicyclic) bond motifs is 6. The highest BCUT2D eigenvalue weighted by molar-refractivity contribution is 6.00. The van der Waals surface area contributed by atoms with Crippen LogP contribution in [-0.2, 0) is 40.4 Å². The number of aldehydes is 1. The number of nitrogens with one attached hydrogen (secondary N) is 1. The van der Waals surface area contributed by atoms with Gasteiger partial charge in [0.2, 0.25) is 5.92 Å². The van der Waals surface area contributed by atoms with Crippen molar-refractivity contribution in [1.29, 1.82) is 0 Å². The first-order valence-electron chi connectivity index (χ1n) is 21.8. The molecular formula is C47H58F2N4O8. The molecule has 4 fully saturated rings. The Labute approximate surface area is 355 Å². The second-order valence-corrected chi connectivity index (χ2v) is 19.1. The number of alkyl halides is 2. The number of ether oxygens (including phenoxy) is 3. The number of carbonyl (C=O) groups is 4. The number of H-pyrrole nitrogens is 1. The summed E-state index contributed by atoms with van der Waals surface area (Å²) in [7, 11) is 4.80. The largest absolute Gasteiger partial charge is 0.468 e. The summed E-state index contributed by atoms with van der Waals surface area (Å²) in [6.07, 6.45) is 8.59. The van der Waals surface area contributed by atoms with Crippen LogP contribution in [0.2, 0.25) is 0 Å². The van der Waals surface area contributed by atoms with E-state index in [-0.39, 0.29) is 37.1 Å². The molecule has 61 heavy (non-hydrogen) atoms. The molecule has 1 saturated carbocycles. The average Bonchev–Trinajstić information content (AvgIpc) is 3.89. The van der Waals surface area contributed by atoms with Gasteiger partial charge in [0, 0.05) is 104 Å². The van der Waals surface area contributed by atoms with Gasteiger partial charge < -0.3 is 34.1 Å². The molecule has 2 aliphatic carbocycles. The highest BCUT2D eigenvalue weighted by Gasteiger charge is 2.79. The van der Waals surface area contributed by atoms with Crippen LogP contribution >= 0.6 is 0 Å². The van der Waals surface area contributed by atoms with Crippen LogP contribution in [0.4, 0.5) is 8.78 Å². The van der Waals surface area contributed by atoms with Crippen LogP contribution in [0, 0.1) is 28.6 Å². The number of likely N-dealkylation sites (N-methyl/N-ethyl adjacent to an activating group) is 1. The van der Waals surface area contributed by atoms with Crippen LogP contribution in [0.1, 0.15) is 75.0 Å². The number of piperidine rings is 1. The summed E-state index contributed by atoms with van der Waals surface area (Å²) in [6.45, 7) is 8.26. The fourth-order valence-corrected chi connectivity index (χ4v) is 13.9. The number of halogens is 2. The highest BCUT2D eigenvalue weighted by atomic mass is 19.3. The number of ketones is 1. The molecular weight excluding hydrogens is 787 g/mol. The summed E-state index contributed by atoms with van der Waals surface area (Å²) in [4.78, 5) is 64.7. The van der Waals surface area contributed by atoms with E-state index in [9.17, 15) is 19.5 Å². The number of aliphatic hydroxyl groups is 1. The standard InChI is InChI=1S/C47H58F2N4O8/c1-8-44-13-9-15-53-17-14-45(39(44)53)33-20-34(37(59-6)21-36(33)51(5)40(45)47(58,25-54)41(44)61-27(3)56)46(42(57)60-7)22-28-18-30(43(4,48)49)24-52(23-28)16-12-31-32-19-29(26(2)55)10-11-35(32)50-38(31)46/h9-11,13,19-21,25,28,30,34,37,39-41,50,58H,8,12,14-18,22-24H2,1-7H3/t28-,30?,34?,37?,39+,40-,41-,44-,45-,46+,47+/m1/s1. The monoisotopic (exact) mass is 844 g/mol. The van der Waals surface area contributed by atoms with E-state index >= 15 is 13.6 Å². The summed E-state index contributed by atoms with van der Waals surface area (Å²) in [6, 6.07) is 4.30. The third-order valence-electron chi connectivity index (χ3n) is 16.2. The topological polar surface area (TPSA) is 142 Å². The summed E-state index contributed by atoms with van der Waals surface area (Å²) >= 11 is 0. The molecule has 5 aliphatic heterocycles. The minimum Gasteiger partial charge on any atom is -0.468 e. The Morgan fingerprint density at radius 1 is 1.10 bits per heavy atom. The number of likely N-dealkylation sites (tertiary alicyclic amines) is 1. The van der Waals surface area contributed by atoms with Crippen molar-refractivity contribution in [3.63, 3.8) is 0 Å². The third kappa shape index (κ3) is 5.73. The Hall–Kier alpha value is -4.24. The molecule has 9 rings (SSSR count). The van der Waals surface area contributed by atoms with Gasteiger partial charge in [-0.2, -0.15) is 0 Å². The molecule has 7 aliphatic rings. The van der Waals surface area contributed by atoms with Crippen LogP contribution in [0.15, 0.2) is 53.8 Å². The number of benzene rings is 1. The molecule has 14 heteroatoms. The Kier molecular flexibility index (Phi) is 9.93. The predicted molar refractivity (Wildman–Crippen MR) is 222 cm³/mol. The SMILES string of the molecule is CC[C@]12C=CCN3CC[C@@]4(C5=CC([C@@]6(C(=O)OC)C[C@H]7CC(C(C)(F)F)CN(CCc8c6[nH]c6ccc(C(C)=O)cc86)C7)C(OC)C=C5N(C)[C@H]4[C@@](O)(C=O)[C@@H]1OC(C)=O)[C@@H]32. The number of hydrogen-bond donors (Lipinski definition) is 2. The zero-order valence-electron chi connectivity index (χ0n) is 36.1. The first-order valence-corrected chi connectivity index (χ1v) is 21.8. The maximum atomic E-state index is 15.4. The molecule has 1 aromatic carbocycles. The molecule has 1 spiro atoms. The minimum atomic E-state index is -2.95. The van der Waals surface area contributed by atoms with Gasteiger partial charge in [-0.1, -0.05) is 25.2 Å². The number of rotatable bonds is 8. The van der Waals surface area contributed by atoms with Crippen LogP contribution in [0.5, 0.6) is 0 Å². The van der Waals surface area contributed by atoms with E-state index in [1.54, 1.807) is 13.2 Å². The van der Waals surface area contributed by atoms with Crippen LogP contribution in [0.3, 0.4) is 0 Å². The van der Waals surface area contributed by atoms with Crippen LogP contribution < -0.4 is 0 Å². The van der Waals surface area contributed by atoms with Crippen molar-refractivity contribution in [1.82, 2.24) is 19.7 Å². The van der Waals surface area contributed by atoms with Gasteiger partial charge in [0.25, 0.3) is 0 Å². The number of aromatic amines is 1. The molecule has 2 N–H and O–H groups in total. The zero-order valence-corrected chi connectivity index (χ0v) is 36.1. The molecule has 328 valence electrons. The summed E-state index contributed by atoms with van der Waals surface area (Å²) in [5, 5.41) is 13.8. The van der Waals surface area contributed by atoms with Gasteiger partial charge in [0.1, 0.15) is 11.5 Å². The van der Waals surface area contributed by atoms with Crippen molar-refractivity contribution in [2.24, 2.45) is 28.6 Å². The van der Waals surface area contributed by atoms with Gasteiger partial charge in [0.15, 0.2) is 17.7 Å². The number of methoxy groups -OCH3 is 2. The predicted octanol–water partition coefficient (Wildman–Crippen LogP) is 4.99. The van der Waals surface area contributed by atoms with E-state index in [0.29, 0.717) is 63.0 Å². The van der Waals surface area contributed by atoms with E-state index in [1.807, 2.05) is 49.2 Å². The number of carbonyl (C=O) groups excluding carboxylic acids is 4. The Morgan fingerprint density at radius 3 is 2.52 bits per heavy atom. The first-order chi connectivity index (χ1) is 28.9.